The van der Waals surface area contributed by atoms with E-state index in [4.69, 9.17) is 14.9 Å². The highest BCUT2D eigenvalue weighted by atomic mass is 16.5. The number of rotatable bonds is 5. The third-order valence-electron chi connectivity index (χ3n) is 4.79. The zero-order valence-electron chi connectivity index (χ0n) is 14.8. The molecule has 138 valence electrons. The molecular formula is C19H20N6O2. The van der Waals surface area contributed by atoms with E-state index in [9.17, 15) is 0 Å². The van der Waals surface area contributed by atoms with E-state index in [0.717, 1.165) is 41.2 Å². The topological polar surface area (TPSA) is 94.7 Å². The molecule has 1 fully saturated rings. The number of pyridine rings is 1. The second kappa shape index (κ2) is 6.55. The van der Waals surface area contributed by atoms with Crippen LogP contribution in [0, 0.1) is 0 Å². The lowest BCUT2D eigenvalue weighted by Crippen LogP contribution is -2.18. The lowest BCUT2D eigenvalue weighted by Gasteiger charge is -2.16. The number of imidazole rings is 1. The summed E-state index contributed by atoms with van der Waals surface area (Å²) in [5.74, 6) is 2.19. The van der Waals surface area contributed by atoms with E-state index in [2.05, 4.69) is 20.0 Å². The van der Waals surface area contributed by atoms with Gasteiger partial charge in [0.2, 0.25) is 5.88 Å². The lowest BCUT2D eigenvalue weighted by molar-refractivity contribution is 0.310. The van der Waals surface area contributed by atoms with Gasteiger partial charge in [-0.15, -0.1) is 5.10 Å². The Hall–Kier alpha value is -3.13. The first kappa shape index (κ1) is 16.1. The van der Waals surface area contributed by atoms with Crippen LogP contribution in [0.3, 0.4) is 0 Å². The van der Waals surface area contributed by atoms with E-state index in [0.29, 0.717) is 24.8 Å². The highest BCUT2D eigenvalue weighted by Crippen LogP contribution is 2.34. The molecule has 0 atom stereocenters. The highest BCUT2D eigenvalue weighted by molar-refractivity contribution is 5.92. The fraction of sp³-hybridized carbons (Fsp3) is 0.316. The van der Waals surface area contributed by atoms with E-state index in [1.54, 1.807) is 23.0 Å². The SMILES string of the molecule is NCCOc1ccc2ncc(-c3cc4c(N5CCCC5)nccc4o3)n2n1. The zero-order chi connectivity index (χ0) is 18.2. The lowest BCUT2D eigenvalue weighted by atomic mass is 10.2. The average Bonchev–Trinajstić information content (AvgIpc) is 3.44. The quantitative estimate of drug-likeness (QED) is 0.581. The van der Waals surface area contributed by atoms with E-state index >= 15 is 0 Å². The van der Waals surface area contributed by atoms with Gasteiger partial charge in [0.15, 0.2) is 11.4 Å². The van der Waals surface area contributed by atoms with Gasteiger partial charge >= 0.3 is 0 Å². The maximum absolute atomic E-state index is 6.11. The van der Waals surface area contributed by atoms with Crippen LogP contribution in [0.15, 0.2) is 41.1 Å². The third kappa shape index (κ3) is 2.78. The first-order valence-electron chi connectivity index (χ1n) is 9.15. The number of ether oxygens (including phenoxy) is 1. The van der Waals surface area contributed by atoms with E-state index in [1.165, 1.54) is 12.8 Å². The molecule has 27 heavy (non-hydrogen) atoms. The van der Waals surface area contributed by atoms with Gasteiger partial charge in [0, 0.05) is 31.9 Å². The molecular weight excluding hydrogens is 344 g/mol. The van der Waals surface area contributed by atoms with Gasteiger partial charge in [0.25, 0.3) is 0 Å². The van der Waals surface area contributed by atoms with Gasteiger partial charge < -0.3 is 19.8 Å². The molecule has 0 aliphatic carbocycles. The molecule has 0 spiro atoms. The molecule has 0 unspecified atom stereocenters. The van der Waals surface area contributed by atoms with Crippen LogP contribution >= 0.6 is 0 Å². The molecule has 1 saturated heterocycles. The molecule has 1 aliphatic rings. The van der Waals surface area contributed by atoms with E-state index in [-0.39, 0.29) is 0 Å². The fourth-order valence-electron chi connectivity index (χ4n) is 3.52. The van der Waals surface area contributed by atoms with Crippen LogP contribution in [0.4, 0.5) is 5.82 Å². The monoisotopic (exact) mass is 364 g/mol. The number of nitrogens with two attached hydrogens (primary N) is 1. The Labute approximate surface area is 155 Å². The molecule has 4 aromatic heterocycles. The summed E-state index contributed by atoms with van der Waals surface area (Å²) >= 11 is 0. The third-order valence-corrected chi connectivity index (χ3v) is 4.79. The number of aromatic nitrogens is 4. The maximum Gasteiger partial charge on any atom is 0.231 e. The molecule has 8 nitrogen and oxygen atoms in total. The van der Waals surface area contributed by atoms with Crippen molar-refractivity contribution in [2.45, 2.75) is 12.8 Å². The average molecular weight is 364 g/mol. The Morgan fingerprint density at radius 1 is 1.15 bits per heavy atom. The number of nitrogens with zero attached hydrogens (tertiary/aromatic N) is 5. The van der Waals surface area contributed by atoms with Gasteiger partial charge in [-0.25, -0.2) is 14.5 Å². The van der Waals surface area contributed by atoms with Crippen LogP contribution in [0.1, 0.15) is 12.8 Å². The minimum absolute atomic E-state index is 0.415. The van der Waals surface area contributed by atoms with Gasteiger partial charge in [0.1, 0.15) is 23.7 Å². The van der Waals surface area contributed by atoms with Crippen molar-refractivity contribution in [3.63, 3.8) is 0 Å². The smallest absolute Gasteiger partial charge is 0.231 e. The molecule has 4 aromatic rings. The van der Waals surface area contributed by atoms with Crippen molar-refractivity contribution < 1.29 is 9.15 Å². The number of furan rings is 1. The number of fused-ring (bicyclic) bond motifs is 2. The first-order chi connectivity index (χ1) is 13.3. The first-order valence-corrected chi connectivity index (χ1v) is 9.15. The van der Waals surface area contributed by atoms with E-state index in [1.807, 2.05) is 18.2 Å². The summed E-state index contributed by atoms with van der Waals surface area (Å²) in [5.41, 5.74) is 7.81. The largest absolute Gasteiger partial charge is 0.475 e. The second-order valence-corrected chi connectivity index (χ2v) is 6.57. The van der Waals surface area contributed by atoms with Crippen molar-refractivity contribution in [3.05, 3.63) is 36.7 Å². The molecule has 2 N–H and O–H groups in total. The Morgan fingerprint density at radius 2 is 2.04 bits per heavy atom. The minimum Gasteiger partial charge on any atom is -0.475 e. The minimum atomic E-state index is 0.415. The van der Waals surface area contributed by atoms with Crippen molar-refractivity contribution >= 4 is 22.4 Å². The second-order valence-electron chi connectivity index (χ2n) is 6.57. The van der Waals surface area contributed by atoms with Gasteiger partial charge in [-0.05, 0) is 31.0 Å². The molecule has 0 aromatic carbocycles. The molecule has 8 heteroatoms. The summed E-state index contributed by atoms with van der Waals surface area (Å²) in [6, 6.07) is 7.57. The summed E-state index contributed by atoms with van der Waals surface area (Å²) in [7, 11) is 0. The van der Waals surface area contributed by atoms with Crippen molar-refractivity contribution in [1.29, 1.82) is 0 Å². The molecule has 0 radical (unpaired) electrons. The normalized spacial score (nSPS) is 14.5. The molecule has 5 heterocycles. The predicted octanol–water partition coefficient (Wildman–Crippen LogP) is 2.48. The Bertz CT molecular complexity index is 1100. The summed E-state index contributed by atoms with van der Waals surface area (Å²) in [5, 5.41) is 5.52. The van der Waals surface area contributed by atoms with Crippen LogP contribution in [0.5, 0.6) is 5.88 Å². The van der Waals surface area contributed by atoms with E-state index < -0.39 is 0 Å². The van der Waals surface area contributed by atoms with Crippen molar-refractivity contribution in [1.82, 2.24) is 19.6 Å². The van der Waals surface area contributed by atoms with Crippen LogP contribution < -0.4 is 15.4 Å². The van der Waals surface area contributed by atoms with Gasteiger partial charge in [-0.1, -0.05) is 0 Å². The molecule has 0 saturated carbocycles. The maximum atomic E-state index is 6.11. The fourth-order valence-corrected chi connectivity index (χ4v) is 3.52. The van der Waals surface area contributed by atoms with Gasteiger partial charge in [-0.3, -0.25) is 0 Å². The standard InChI is InChI=1S/C19H20N6O2/c20-6-10-26-18-4-3-17-22-12-14(25(17)23-18)16-11-13-15(27-16)5-7-21-19(13)24-8-1-2-9-24/h3-5,7,11-12H,1-2,6,8-10,20H2. The summed E-state index contributed by atoms with van der Waals surface area (Å²) in [4.78, 5) is 11.3. The molecule has 5 rings (SSSR count). The van der Waals surface area contributed by atoms with Gasteiger partial charge in [-0.2, -0.15) is 0 Å². The van der Waals surface area contributed by atoms with Crippen LogP contribution in [-0.4, -0.2) is 45.8 Å². The highest BCUT2D eigenvalue weighted by Gasteiger charge is 2.20. The summed E-state index contributed by atoms with van der Waals surface area (Å²) in [6.45, 7) is 2.92. The predicted molar refractivity (Wildman–Crippen MR) is 102 cm³/mol. The van der Waals surface area contributed by atoms with Crippen LogP contribution in [0.25, 0.3) is 28.1 Å². The molecule has 0 amide bonds. The number of hydrogen-bond donors (Lipinski definition) is 1. The zero-order valence-corrected chi connectivity index (χ0v) is 14.8. The van der Waals surface area contributed by atoms with Crippen molar-refractivity contribution in [3.8, 4) is 17.3 Å². The Kier molecular flexibility index (Phi) is 3.90. The number of hydrogen-bond acceptors (Lipinski definition) is 7. The van der Waals surface area contributed by atoms with Gasteiger partial charge in [0.05, 0.1) is 11.6 Å². The Morgan fingerprint density at radius 3 is 2.89 bits per heavy atom. The molecule has 0 bridgehead atoms. The summed E-state index contributed by atoms with van der Waals surface area (Å²) < 4.78 is 13.4. The van der Waals surface area contributed by atoms with Crippen molar-refractivity contribution in [2.75, 3.05) is 31.1 Å². The Balaban J connectivity index is 1.59. The number of anilines is 1. The van der Waals surface area contributed by atoms with Crippen LogP contribution in [0.2, 0.25) is 0 Å². The summed E-state index contributed by atoms with van der Waals surface area (Å²) in [6.07, 6.45) is 5.96. The molecule has 1 aliphatic heterocycles. The van der Waals surface area contributed by atoms with Crippen LogP contribution in [-0.2, 0) is 0 Å². The van der Waals surface area contributed by atoms with Crippen molar-refractivity contribution in [2.24, 2.45) is 5.73 Å².